The smallest absolute Gasteiger partial charge is 0.220 e. The van der Waals surface area contributed by atoms with Crippen LogP contribution >= 0.6 is 0 Å². The van der Waals surface area contributed by atoms with Crippen molar-refractivity contribution in [3.63, 3.8) is 0 Å². The Morgan fingerprint density at radius 2 is 2.00 bits per heavy atom. The molecule has 0 bridgehead atoms. The van der Waals surface area contributed by atoms with Crippen LogP contribution in [0.15, 0.2) is 0 Å². The van der Waals surface area contributed by atoms with Crippen molar-refractivity contribution >= 4 is 5.91 Å². The zero-order valence-electron chi connectivity index (χ0n) is 12.1. The number of rotatable bonds is 4. The van der Waals surface area contributed by atoms with Gasteiger partial charge in [0.2, 0.25) is 5.91 Å². The van der Waals surface area contributed by atoms with Crippen molar-refractivity contribution in [3.8, 4) is 0 Å². The van der Waals surface area contributed by atoms with Gasteiger partial charge in [-0.05, 0) is 57.8 Å². The standard InChI is InChI=1S/C15H28N2O2/c1-11-10-14(8-9-19-11)17-15(18)7-4-12-2-5-13(16)6-3-12/h11-14H,2-10,16H2,1H3,(H,17,18). The van der Waals surface area contributed by atoms with Crippen molar-refractivity contribution in [2.45, 2.75) is 76.5 Å². The summed E-state index contributed by atoms with van der Waals surface area (Å²) in [5.41, 5.74) is 5.90. The predicted molar refractivity (Wildman–Crippen MR) is 75.7 cm³/mol. The predicted octanol–water partition coefficient (Wildman–Crippen LogP) is 1.97. The lowest BCUT2D eigenvalue weighted by molar-refractivity contribution is -0.123. The minimum absolute atomic E-state index is 0.217. The zero-order valence-corrected chi connectivity index (χ0v) is 12.1. The minimum atomic E-state index is 0.217. The monoisotopic (exact) mass is 268 g/mol. The number of nitrogens with one attached hydrogen (secondary N) is 1. The van der Waals surface area contributed by atoms with Gasteiger partial charge in [-0.25, -0.2) is 0 Å². The van der Waals surface area contributed by atoms with Crippen LogP contribution in [0, 0.1) is 5.92 Å². The molecule has 1 aliphatic heterocycles. The summed E-state index contributed by atoms with van der Waals surface area (Å²) in [6.07, 6.45) is 8.53. The molecule has 1 amide bonds. The Hall–Kier alpha value is -0.610. The molecular weight excluding hydrogens is 240 g/mol. The van der Waals surface area contributed by atoms with E-state index in [-0.39, 0.29) is 12.0 Å². The molecule has 0 aromatic carbocycles. The molecule has 3 N–H and O–H groups in total. The van der Waals surface area contributed by atoms with Gasteiger partial charge in [-0.1, -0.05) is 0 Å². The maximum atomic E-state index is 11.9. The maximum absolute atomic E-state index is 11.9. The van der Waals surface area contributed by atoms with Crippen LogP contribution in [-0.2, 0) is 9.53 Å². The summed E-state index contributed by atoms with van der Waals surface area (Å²) in [7, 11) is 0. The van der Waals surface area contributed by atoms with Gasteiger partial charge < -0.3 is 15.8 Å². The van der Waals surface area contributed by atoms with E-state index in [1.165, 1.54) is 12.8 Å². The van der Waals surface area contributed by atoms with Crippen LogP contribution in [0.5, 0.6) is 0 Å². The summed E-state index contributed by atoms with van der Waals surface area (Å²) in [4.78, 5) is 11.9. The first-order valence-corrected chi connectivity index (χ1v) is 7.80. The fourth-order valence-electron chi connectivity index (χ4n) is 3.24. The van der Waals surface area contributed by atoms with Crippen LogP contribution in [0.1, 0.15) is 58.3 Å². The lowest BCUT2D eigenvalue weighted by atomic mass is 9.84. The molecule has 0 spiro atoms. The van der Waals surface area contributed by atoms with Crippen LogP contribution in [0.25, 0.3) is 0 Å². The van der Waals surface area contributed by atoms with E-state index < -0.39 is 0 Å². The Kier molecular flexibility index (Phi) is 5.64. The van der Waals surface area contributed by atoms with E-state index in [2.05, 4.69) is 12.2 Å². The summed E-state index contributed by atoms with van der Waals surface area (Å²) in [5, 5.41) is 3.15. The average Bonchev–Trinajstić information content (AvgIpc) is 2.38. The van der Waals surface area contributed by atoms with E-state index >= 15 is 0 Å². The van der Waals surface area contributed by atoms with Gasteiger partial charge in [0.15, 0.2) is 0 Å². The van der Waals surface area contributed by atoms with Crippen LogP contribution in [0.3, 0.4) is 0 Å². The summed E-state index contributed by atoms with van der Waals surface area (Å²) in [6, 6.07) is 0.713. The average molecular weight is 268 g/mol. The second-order valence-electron chi connectivity index (χ2n) is 6.29. The van der Waals surface area contributed by atoms with Gasteiger partial charge in [0.25, 0.3) is 0 Å². The van der Waals surface area contributed by atoms with Crippen molar-refractivity contribution in [3.05, 3.63) is 0 Å². The molecule has 4 nitrogen and oxygen atoms in total. The second kappa shape index (κ2) is 7.25. The lowest BCUT2D eigenvalue weighted by Gasteiger charge is -2.29. The summed E-state index contributed by atoms with van der Waals surface area (Å²) < 4.78 is 5.49. The molecule has 0 radical (unpaired) electrons. The number of nitrogens with two attached hydrogens (primary N) is 1. The molecule has 19 heavy (non-hydrogen) atoms. The topological polar surface area (TPSA) is 64.4 Å². The molecule has 0 aromatic heterocycles. The van der Waals surface area contributed by atoms with Crippen LogP contribution in [0.4, 0.5) is 0 Å². The molecule has 1 saturated heterocycles. The molecule has 1 aliphatic carbocycles. The third-order valence-corrected chi connectivity index (χ3v) is 4.52. The van der Waals surface area contributed by atoms with Gasteiger partial charge in [0, 0.05) is 25.1 Å². The van der Waals surface area contributed by atoms with Crippen LogP contribution < -0.4 is 11.1 Å². The van der Waals surface area contributed by atoms with Gasteiger partial charge in [-0.2, -0.15) is 0 Å². The highest BCUT2D eigenvalue weighted by molar-refractivity contribution is 5.76. The number of hydrogen-bond acceptors (Lipinski definition) is 3. The van der Waals surface area contributed by atoms with Gasteiger partial charge in [-0.15, -0.1) is 0 Å². The molecule has 1 heterocycles. The molecule has 2 unspecified atom stereocenters. The summed E-state index contributed by atoms with van der Waals surface area (Å²) in [5.74, 6) is 0.924. The molecule has 2 rings (SSSR count). The molecular formula is C15H28N2O2. The molecule has 2 aliphatic rings. The first-order chi connectivity index (χ1) is 9.13. The molecule has 0 aromatic rings. The lowest BCUT2D eigenvalue weighted by Crippen LogP contribution is -2.41. The first kappa shape index (κ1) is 14.8. The molecule has 4 heteroatoms. The van der Waals surface area contributed by atoms with E-state index in [9.17, 15) is 4.79 Å². The Morgan fingerprint density at radius 1 is 1.26 bits per heavy atom. The van der Waals surface area contributed by atoms with E-state index in [0.717, 1.165) is 38.7 Å². The Labute approximate surface area is 116 Å². The molecule has 1 saturated carbocycles. The number of ether oxygens (including phenoxy) is 1. The van der Waals surface area contributed by atoms with Gasteiger partial charge in [-0.3, -0.25) is 4.79 Å². The Bertz CT molecular complexity index is 288. The number of hydrogen-bond donors (Lipinski definition) is 2. The fraction of sp³-hybridized carbons (Fsp3) is 0.933. The fourth-order valence-corrected chi connectivity index (χ4v) is 3.24. The number of carbonyl (C=O) groups is 1. The van der Waals surface area contributed by atoms with E-state index in [1.807, 2.05) is 0 Å². The normalized spacial score (nSPS) is 35.9. The van der Waals surface area contributed by atoms with Crippen molar-refractivity contribution < 1.29 is 9.53 Å². The van der Waals surface area contributed by atoms with E-state index in [4.69, 9.17) is 10.5 Å². The third-order valence-electron chi connectivity index (χ3n) is 4.52. The minimum Gasteiger partial charge on any atom is -0.378 e. The molecule has 2 atom stereocenters. The Morgan fingerprint density at radius 3 is 2.68 bits per heavy atom. The Balaban J connectivity index is 1.61. The molecule has 2 fully saturated rings. The summed E-state index contributed by atoms with van der Waals surface area (Å²) >= 11 is 0. The number of amides is 1. The number of carbonyl (C=O) groups excluding carboxylic acids is 1. The highest BCUT2D eigenvalue weighted by atomic mass is 16.5. The SMILES string of the molecule is CC1CC(NC(=O)CCC2CCC(N)CC2)CCO1. The van der Waals surface area contributed by atoms with Crippen molar-refractivity contribution in [1.82, 2.24) is 5.32 Å². The largest absolute Gasteiger partial charge is 0.378 e. The highest BCUT2D eigenvalue weighted by Gasteiger charge is 2.22. The van der Waals surface area contributed by atoms with Gasteiger partial charge in [0.05, 0.1) is 6.10 Å². The van der Waals surface area contributed by atoms with Crippen molar-refractivity contribution in [1.29, 1.82) is 0 Å². The van der Waals surface area contributed by atoms with E-state index in [1.54, 1.807) is 0 Å². The van der Waals surface area contributed by atoms with Crippen LogP contribution in [0.2, 0.25) is 0 Å². The maximum Gasteiger partial charge on any atom is 0.220 e. The van der Waals surface area contributed by atoms with Gasteiger partial charge >= 0.3 is 0 Å². The quantitative estimate of drug-likeness (QED) is 0.819. The van der Waals surface area contributed by atoms with Crippen molar-refractivity contribution in [2.75, 3.05) is 6.61 Å². The zero-order chi connectivity index (χ0) is 13.7. The highest BCUT2D eigenvalue weighted by Crippen LogP contribution is 2.26. The third kappa shape index (κ3) is 5.11. The van der Waals surface area contributed by atoms with Gasteiger partial charge in [0.1, 0.15) is 0 Å². The van der Waals surface area contributed by atoms with Crippen molar-refractivity contribution in [2.24, 2.45) is 11.7 Å². The second-order valence-corrected chi connectivity index (χ2v) is 6.29. The molecule has 110 valence electrons. The first-order valence-electron chi connectivity index (χ1n) is 7.80. The summed E-state index contributed by atoms with van der Waals surface area (Å²) in [6.45, 7) is 2.84. The van der Waals surface area contributed by atoms with Crippen LogP contribution in [-0.4, -0.2) is 30.7 Å². The van der Waals surface area contributed by atoms with E-state index in [0.29, 0.717) is 24.4 Å².